The molecule has 1 aromatic carbocycles. The van der Waals surface area contributed by atoms with E-state index in [2.05, 4.69) is 14.9 Å². The summed E-state index contributed by atoms with van der Waals surface area (Å²) < 4.78 is 5.76. The number of piperazine rings is 1. The predicted molar refractivity (Wildman–Crippen MR) is 122 cm³/mol. The van der Waals surface area contributed by atoms with E-state index >= 15 is 0 Å². The molecule has 0 atom stereocenters. The summed E-state index contributed by atoms with van der Waals surface area (Å²) >= 11 is 5.90. The average molecular weight is 435 g/mol. The van der Waals surface area contributed by atoms with Gasteiger partial charge in [0.15, 0.2) is 0 Å². The van der Waals surface area contributed by atoms with Crippen LogP contribution in [0.1, 0.15) is 11.1 Å². The van der Waals surface area contributed by atoms with Crippen molar-refractivity contribution in [3.63, 3.8) is 0 Å². The van der Waals surface area contributed by atoms with Crippen LogP contribution in [-0.2, 0) is 11.4 Å². The first kappa shape index (κ1) is 20.9. The van der Waals surface area contributed by atoms with Crippen LogP contribution >= 0.6 is 11.6 Å². The highest BCUT2D eigenvalue weighted by atomic mass is 35.5. The molecular weight excluding hydrogens is 412 g/mol. The number of benzene rings is 1. The number of carbonyl (C=O) groups excluding carboxylic acids is 1. The van der Waals surface area contributed by atoms with E-state index in [0.717, 1.165) is 35.8 Å². The third-order valence-corrected chi connectivity index (χ3v) is 5.28. The first-order chi connectivity index (χ1) is 15.2. The molecule has 1 amide bonds. The van der Waals surface area contributed by atoms with Crippen molar-refractivity contribution in [2.75, 3.05) is 31.1 Å². The van der Waals surface area contributed by atoms with Crippen LogP contribution in [0.2, 0.25) is 5.02 Å². The van der Waals surface area contributed by atoms with Gasteiger partial charge in [-0.3, -0.25) is 9.78 Å². The molecule has 1 aliphatic heterocycles. The second-order valence-corrected chi connectivity index (χ2v) is 7.64. The highest BCUT2D eigenvalue weighted by Gasteiger charge is 2.20. The second-order valence-electron chi connectivity index (χ2n) is 7.20. The highest BCUT2D eigenvalue weighted by molar-refractivity contribution is 6.30. The first-order valence-electron chi connectivity index (χ1n) is 10.1. The van der Waals surface area contributed by atoms with Gasteiger partial charge in [-0.2, -0.15) is 0 Å². The summed E-state index contributed by atoms with van der Waals surface area (Å²) in [5, 5.41) is 0.621. The summed E-state index contributed by atoms with van der Waals surface area (Å²) in [6, 6.07) is 15.3. The van der Waals surface area contributed by atoms with Crippen molar-refractivity contribution in [1.29, 1.82) is 0 Å². The van der Waals surface area contributed by atoms with Crippen molar-refractivity contribution in [1.82, 2.24) is 14.9 Å². The molecule has 158 valence electrons. The number of ether oxygens (including phenoxy) is 1. The maximum Gasteiger partial charge on any atom is 0.246 e. The number of nitrogens with zero attached hydrogens (tertiary/aromatic N) is 4. The zero-order valence-electron chi connectivity index (χ0n) is 17.0. The molecule has 1 aliphatic rings. The Kier molecular flexibility index (Phi) is 6.79. The van der Waals surface area contributed by atoms with Gasteiger partial charge in [-0.1, -0.05) is 29.8 Å². The van der Waals surface area contributed by atoms with Crippen LogP contribution in [0, 0.1) is 0 Å². The number of pyridine rings is 2. The number of hydrogen-bond acceptors (Lipinski definition) is 5. The summed E-state index contributed by atoms with van der Waals surface area (Å²) in [4.78, 5) is 25.0. The van der Waals surface area contributed by atoms with Gasteiger partial charge in [0.05, 0.1) is 5.02 Å². The summed E-state index contributed by atoms with van der Waals surface area (Å²) in [6.45, 7) is 3.29. The molecule has 0 N–H and O–H groups in total. The normalized spacial score (nSPS) is 14.1. The van der Waals surface area contributed by atoms with Crippen LogP contribution in [0.4, 0.5) is 5.82 Å². The molecule has 0 unspecified atom stereocenters. The SMILES string of the molecule is O=C(/C=C/c1ccc(OCc2cccnc2)cc1)N1CCN(c2ccc(Cl)cn2)CC1. The summed E-state index contributed by atoms with van der Waals surface area (Å²) in [5.41, 5.74) is 1.97. The lowest BCUT2D eigenvalue weighted by Gasteiger charge is -2.34. The van der Waals surface area contributed by atoms with Crippen molar-refractivity contribution < 1.29 is 9.53 Å². The van der Waals surface area contributed by atoms with Crippen LogP contribution in [0.5, 0.6) is 5.75 Å². The standard InChI is InChI=1S/C24H23ClN4O2/c25-21-6-9-23(27-17-21)28-12-14-29(15-13-28)24(30)10-5-19-3-7-22(8-4-19)31-18-20-2-1-11-26-16-20/h1-11,16-17H,12-15,18H2/b10-5+. The van der Waals surface area contributed by atoms with Crippen molar-refractivity contribution >= 4 is 29.4 Å². The van der Waals surface area contributed by atoms with Crippen molar-refractivity contribution in [3.8, 4) is 5.75 Å². The van der Waals surface area contributed by atoms with Gasteiger partial charge in [-0.05, 0) is 42.0 Å². The van der Waals surface area contributed by atoms with Crippen LogP contribution in [-0.4, -0.2) is 47.0 Å². The zero-order chi connectivity index (χ0) is 21.5. The van der Waals surface area contributed by atoms with Crippen molar-refractivity contribution in [3.05, 3.63) is 89.3 Å². The van der Waals surface area contributed by atoms with Gasteiger partial charge in [0.1, 0.15) is 18.2 Å². The summed E-state index contributed by atoms with van der Waals surface area (Å²) in [7, 11) is 0. The largest absolute Gasteiger partial charge is 0.489 e. The lowest BCUT2D eigenvalue weighted by Crippen LogP contribution is -2.48. The van der Waals surface area contributed by atoms with Gasteiger partial charge in [-0.25, -0.2) is 4.98 Å². The Morgan fingerprint density at radius 3 is 2.52 bits per heavy atom. The molecule has 0 radical (unpaired) electrons. The number of halogens is 1. The van der Waals surface area contributed by atoms with E-state index in [-0.39, 0.29) is 5.91 Å². The fourth-order valence-electron chi connectivity index (χ4n) is 3.31. The van der Waals surface area contributed by atoms with Gasteiger partial charge in [0, 0.05) is 56.4 Å². The summed E-state index contributed by atoms with van der Waals surface area (Å²) in [5.74, 6) is 1.68. The second kappa shape index (κ2) is 10.1. The summed E-state index contributed by atoms with van der Waals surface area (Å²) in [6.07, 6.45) is 8.63. The van der Waals surface area contributed by atoms with Crippen LogP contribution in [0.15, 0.2) is 73.2 Å². The Bertz CT molecular complexity index is 1020. The molecular formula is C24H23ClN4O2. The molecule has 0 aliphatic carbocycles. The van der Waals surface area contributed by atoms with E-state index in [9.17, 15) is 4.79 Å². The highest BCUT2D eigenvalue weighted by Crippen LogP contribution is 2.17. The minimum Gasteiger partial charge on any atom is -0.489 e. The molecule has 0 bridgehead atoms. The Morgan fingerprint density at radius 2 is 1.84 bits per heavy atom. The minimum atomic E-state index is 0.0145. The Hall–Kier alpha value is -3.38. The molecule has 2 aromatic heterocycles. The molecule has 1 saturated heterocycles. The van der Waals surface area contributed by atoms with E-state index in [1.807, 2.05) is 59.5 Å². The maximum atomic E-state index is 12.5. The number of carbonyl (C=O) groups is 1. The number of anilines is 1. The third kappa shape index (κ3) is 5.83. The quantitative estimate of drug-likeness (QED) is 0.547. The predicted octanol–water partition coefficient (Wildman–Crippen LogP) is 4.07. The molecule has 31 heavy (non-hydrogen) atoms. The first-order valence-corrected chi connectivity index (χ1v) is 10.5. The minimum absolute atomic E-state index is 0.0145. The third-order valence-electron chi connectivity index (χ3n) is 5.05. The molecule has 1 fully saturated rings. The van der Waals surface area contributed by atoms with E-state index in [0.29, 0.717) is 24.7 Å². The van der Waals surface area contributed by atoms with Gasteiger partial charge >= 0.3 is 0 Å². The van der Waals surface area contributed by atoms with E-state index in [4.69, 9.17) is 16.3 Å². The molecule has 4 rings (SSSR count). The van der Waals surface area contributed by atoms with Crippen molar-refractivity contribution in [2.45, 2.75) is 6.61 Å². The van der Waals surface area contributed by atoms with Gasteiger partial charge < -0.3 is 14.5 Å². The van der Waals surface area contributed by atoms with Crippen LogP contribution < -0.4 is 9.64 Å². The Labute approximate surface area is 186 Å². The van der Waals surface area contributed by atoms with Gasteiger partial charge in [0.2, 0.25) is 5.91 Å². The van der Waals surface area contributed by atoms with Crippen LogP contribution in [0.3, 0.4) is 0 Å². The fourth-order valence-corrected chi connectivity index (χ4v) is 3.42. The Morgan fingerprint density at radius 1 is 1.03 bits per heavy atom. The number of amides is 1. The molecule has 3 heterocycles. The zero-order valence-corrected chi connectivity index (χ0v) is 17.8. The van der Waals surface area contributed by atoms with E-state index in [1.54, 1.807) is 24.7 Å². The fraction of sp³-hybridized carbons (Fsp3) is 0.208. The lowest BCUT2D eigenvalue weighted by molar-refractivity contribution is -0.126. The molecule has 6 nitrogen and oxygen atoms in total. The molecule has 3 aromatic rings. The van der Waals surface area contributed by atoms with Crippen LogP contribution in [0.25, 0.3) is 6.08 Å². The van der Waals surface area contributed by atoms with E-state index < -0.39 is 0 Å². The number of aromatic nitrogens is 2. The monoisotopic (exact) mass is 434 g/mol. The van der Waals surface area contributed by atoms with Crippen molar-refractivity contribution in [2.24, 2.45) is 0 Å². The maximum absolute atomic E-state index is 12.5. The molecule has 0 saturated carbocycles. The smallest absolute Gasteiger partial charge is 0.246 e. The van der Waals surface area contributed by atoms with E-state index in [1.165, 1.54) is 0 Å². The van der Waals surface area contributed by atoms with Gasteiger partial charge in [-0.15, -0.1) is 0 Å². The molecule has 0 spiro atoms. The van der Waals surface area contributed by atoms with Gasteiger partial charge in [0.25, 0.3) is 0 Å². The number of rotatable bonds is 6. The lowest BCUT2D eigenvalue weighted by atomic mass is 10.2. The number of hydrogen-bond donors (Lipinski definition) is 0. The molecule has 7 heteroatoms. The topological polar surface area (TPSA) is 58.6 Å². The Balaban J connectivity index is 1.25. The average Bonchev–Trinajstić information content (AvgIpc) is 2.83.